The third-order valence-electron chi connectivity index (χ3n) is 3.74. The average molecular weight is 425 g/mol. The first-order chi connectivity index (χ1) is 14.1. The number of carbonyl (C=O) groups excluding carboxylic acids is 2. The molecule has 0 bridgehead atoms. The van der Waals surface area contributed by atoms with Crippen LogP contribution in [0.4, 0.5) is 33.3 Å². The van der Waals surface area contributed by atoms with Crippen molar-refractivity contribution in [2.75, 3.05) is 10.6 Å². The Morgan fingerprint density at radius 2 is 1.77 bits per heavy atom. The second-order valence-corrected chi connectivity index (χ2v) is 6.01. The molecule has 2 aromatic carbocycles. The summed E-state index contributed by atoms with van der Waals surface area (Å²) in [6.45, 7) is 1.20. The van der Waals surface area contributed by atoms with E-state index in [2.05, 4.69) is 15.6 Å². The minimum atomic E-state index is -5.08. The normalized spacial score (nSPS) is 11.3. The van der Waals surface area contributed by atoms with Gasteiger partial charge in [0.05, 0.1) is 11.4 Å². The summed E-state index contributed by atoms with van der Waals surface area (Å²) in [7, 11) is 0. The van der Waals surface area contributed by atoms with Crippen LogP contribution in [0.25, 0.3) is 5.69 Å². The van der Waals surface area contributed by atoms with Crippen LogP contribution >= 0.6 is 0 Å². The predicted octanol–water partition coefficient (Wildman–Crippen LogP) is 3.78. The van der Waals surface area contributed by atoms with E-state index in [0.717, 1.165) is 36.4 Å². The third-order valence-corrected chi connectivity index (χ3v) is 3.74. The molecule has 12 heteroatoms. The molecule has 3 rings (SSSR count). The Morgan fingerprint density at radius 3 is 2.40 bits per heavy atom. The summed E-state index contributed by atoms with van der Waals surface area (Å²) in [5, 5.41) is 10.9. The molecule has 2 N–H and O–H groups in total. The number of halogens is 5. The molecule has 0 saturated carbocycles. The lowest BCUT2D eigenvalue weighted by Crippen LogP contribution is -2.21. The largest absolute Gasteiger partial charge is 0.435 e. The molecule has 0 atom stereocenters. The van der Waals surface area contributed by atoms with Crippen LogP contribution in [0.5, 0.6) is 0 Å². The summed E-state index contributed by atoms with van der Waals surface area (Å²) >= 11 is 0. The number of hydrogen-bond donors (Lipinski definition) is 2. The first-order valence-corrected chi connectivity index (χ1v) is 8.23. The van der Waals surface area contributed by atoms with Gasteiger partial charge in [-0.25, -0.2) is 13.5 Å². The Morgan fingerprint density at radius 1 is 1.03 bits per heavy atom. The number of rotatable bonds is 4. The smallest absolute Gasteiger partial charge is 0.326 e. The summed E-state index contributed by atoms with van der Waals surface area (Å²) in [4.78, 5) is 23.5. The highest BCUT2D eigenvalue weighted by Gasteiger charge is 2.42. The van der Waals surface area contributed by atoms with Gasteiger partial charge in [-0.1, -0.05) is 11.3 Å². The third kappa shape index (κ3) is 4.42. The van der Waals surface area contributed by atoms with E-state index < -0.39 is 46.7 Å². The van der Waals surface area contributed by atoms with Crippen molar-refractivity contribution in [3.8, 4) is 5.69 Å². The summed E-state index contributed by atoms with van der Waals surface area (Å²) in [6.07, 6.45) is -5.08. The van der Waals surface area contributed by atoms with Crippen molar-refractivity contribution in [3.63, 3.8) is 0 Å². The molecule has 1 heterocycles. The van der Waals surface area contributed by atoms with Crippen LogP contribution in [0, 0.1) is 11.6 Å². The lowest BCUT2D eigenvalue weighted by Gasteiger charge is -2.12. The topological polar surface area (TPSA) is 88.9 Å². The molecular formula is C18H12F5N5O2. The second kappa shape index (κ2) is 7.89. The van der Waals surface area contributed by atoms with Gasteiger partial charge in [-0.2, -0.15) is 13.2 Å². The predicted molar refractivity (Wildman–Crippen MR) is 95.0 cm³/mol. The second-order valence-electron chi connectivity index (χ2n) is 6.01. The van der Waals surface area contributed by atoms with E-state index in [-0.39, 0.29) is 16.1 Å². The molecule has 7 nitrogen and oxygen atoms in total. The highest BCUT2D eigenvalue weighted by atomic mass is 19.4. The number of nitrogens with zero attached hydrogens (tertiary/aromatic N) is 3. The molecule has 0 saturated heterocycles. The molecule has 0 fully saturated rings. The summed E-state index contributed by atoms with van der Waals surface area (Å²) < 4.78 is 68.5. The van der Waals surface area contributed by atoms with Gasteiger partial charge in [0.25, 0.3) is 5.91 Å². The van der Waals surface area contributed by atoms with Gasteiger partial charge in [-0.05, 0) is 36.4 Å². The molecule has 0 aliphatic rings. The molecule has 0 aliphatic carbocycles. The van der Waals surface area contributed by atoms with Crippen molar-refractivity contribution in [2.45, 2.75) is 13.1 Å². The fourth-order valence-electron chi connectivity index (χ4n) is 2.56. The van der Waals surface area contributed by atoms with Gasteiger partial charge in [0.15, 0.2) is 11.4 Å². The van der Waals surface area contributed by atoms with Crippen molar-refractivity contribution in [3.05, 3.63) is 65.5 Å². The molecule has 1 aromatic heterocycles. The number of amides is 2. The zero-order chi connectivity index (χ0) is 22.1. The summed E-state index contributed by atoms with van der Waals surface area (Å²) in [5.41, 5.74) is -3.40. The van der Waals surface area contributed by atoms with Gasteiger partial charge in [0.1, 0.15) is 11.6 Å². The van der Waals surface area contributed by atoms with Crippen LogP contribution in [-0.2, 0) is 11.0 Å². The maximum atomic E-state index is 14.0. The van der Waals surface area contributed by atoms with E-state index >= 15 is 0 Å². The average Bonchev–Trinajstić information content (AvgIpc) is 3.10. The van der Waals surface area contributed by atoms with E-state index in [1.807, 2.05) is 5.32 Å². The number of benzene rings is 2. The monoisotopic (exact) mass is 425 g/mol. The van der Waals surface area contributed by atoms with Gasteiger partial charge in [-0.15, -0.1) is 5.10 Å². The van der Waals surface area contributed by atoms with Crippen LogP contribution in [0.3, 0.4) is 0 Å². The molecule has 30 heavy (non-hydrogen) atoms. The lowest BCUT2D eigenvalue weighted by atomic mass is 10.2. The van der Waals surface area contributed by atoms with Gasteiger partial charge in [0, 0.05) is 12.6 Å². The molecule has 156 valence electrons. The van der Waals surface area contributed by atoms with Gasteiger partial charge < -0.3 is 10.6 Å². The molecule has 0 spiro atoms. The van der Waals surface area contributed by atoms with E-state index in [4.69, 9.17) is 0 Å². The minimum Gasteiger partial charge on any atom is -0.326 e. The Hall–Kier alpha value is -3.83. The van der Waals surface area contributed by atoms with Crippen LogP contribution in [0.1, 0.15) is 23.1 Å². The van der Waals surface area contributed by atoms with E-state index in [0.29, 0.717) is 0 Å². The Balaban J connectivity index is 2.00. The zero-order valence-electron chi connectivity index (χ0n) is 15.1. The van der Waals surface area contributed by atoms with E-state index in [1.165, 1.54) is 13.0 Å². The van der Waals surface area contributed by atoms with Crippen molar-refractivity contribution in [1.29, 1.82) is 0 Å². The Labute approximate surface area is 165 Å². The minimum absolute atomic E-state index is 0.110. The van der Waals surface area contributed by atoms with Gasteiger partial charge >= 0.3 is 6.18 Å². The molecular weight excluding hydrogens is 413 g/mol. The number of aromatic nitrogens is 3. The first-order valence-electron chi connectivity index (χ1n) is 8.23. The first kappa shape index (κ1) is 20.9. The highest BCUT2D eigenvalue weighted by molar-refractivity contribution is 6.04. The summed E-state index contributed by atoms with van der Waals surface area (Å²) in [5.74, 6) is -3.65. The quantitative estimate of drug-likeness (QED) is 0.623. The fourth-order valence-corrected chi connectivity index (χ4v) is 2.56. The van der Waals surface area contributed by atoms with Gasteiger partial charge in [0.2, 0.25) is 5.91 Å². The van der Waals surface area contributed by atoms with Gasteiger partial charge in [-0.3, -0.25) is 9.59 Å². The number of anilines is 2. The Bertz CT molecular complexity index is 1130. The Kier molecular flexibility index (Phi) is 5.49. The standard InChI is InChI=1S/C18H12F5N5O2/c1-9(29)24-11-5-6-13(20)14(8-11)25-17(30)15-16(18(21,22)23)28(27-26-15)12-4-2-3-10(19)7-12/h2-8H,1H3,(H,24,29)(H,25,30). The molecule has 2 amide bonds. The van der Waals surface area contributed by atoms with Crippen molar-refractivity contribution < 1.29 is 31.5 Å². The van der Waals surface area contributed by atoms with Crippen molar-refractivity contribution in [1.82, 2.24) is 15.0 Å². The number of nitrogens with one attached hydrogen (secondary N) is 2. The fraction of sp³-hybridized carbons (Fsp3) is 0.111. The SMILES string of the molecule is CC(=O)Nc1ccc(F)c(NC(=O)c2nnn(-c3cccc(F)c3)c2C(F)(F)F)c1. The lowest BCUT2D eigenvalue weighted by molar-refractivity contribution is -0.143. The van der Waals surface area contributed by atoms with E-state index in [9.17, 15) is 31.5 Å². The molecule has 0 radical (unpaired) electrons. The van der Waals surface area contributed by atoms with Crippen molar-refractivity contribution in [2.24, 2.45) is 0 Å². The molecule has 0 aliphatic heterocycles. The van der Waals surface area contributed by atoms with Crippen LogP contribution in [0.15, 0.2) is 42.5 Å². The zero-order valence-corrected chi connectivity index (χ0v) is 15.1. The van der Waals surface area contributed by atoms with Crippen molar-refractivity contribution >= 4 is 23.2 Å². The highest BCUT2D eigenvalue weighted by Crippen LogP contribution is 2.33. The number of hydrogen-bond acceptors (Lipinski definition) is 4. The van der Waals surface area contributed by atoms with Crippen LogP contribution < -0.4 is 10.6 Å². The maximum Gasteiger partial charge on any atom is 0.435 e. The summed E-state index contributed by atoms with van der Waals surface area (Å²) in [6, 6.07) is 7.25. The maximum absolute atomic E-state index is 14.0. The van der Waals surface area contributed by atoms with Crippen LogP contribution in [-0.4, -0.2) is 26.8 Å². The number of carbonyl (C=O) groups is 2. The van der Waals surface area contributed by atoms with Crippen LogP contribution in [0.2, 0.25) is 0 Å². The molecule has 3 aromatic rings. The molecule has 0 unspecified atom stereocenters. The number of alkyl halides is 3. The van der Waals surface area contributed by atoms with E-state index in [1.54, 1.807) is 0 Å².